The number of hydrogen-bond donors (Lipinski definition) is 0. The monoisotopic (exact) mass is 482 g/mol. The van der Waals surface area contributed by atoms with E-state index in [1.165, 1.54) is 60.0 Å². The second-order valence-corrected chi connectivity index (χ2v) is 12.3. The van der Waals surface area contributed by atoms with Crippen LogP contribution in [0.5, 0.6) is 0 Å². The largest absolute Gasteiger partial charge is 0.366 e. The van der Waals surface area contributed by atoms with Gasteiger partial charge < -0.3 is 4.74 Å². The van der Waals surface area contributed by atoms with Gasteiger partial charge in [0.05, 0.1) is 11.7 Å². The highest BCUT2D eigenvalue weighted by Crippen LogP contribution is 2.44. The molecular formula is C34H58O. The maximum Gasteiger partial charge on any atom is 0.0920 e. The van der Waals surface area contributed by atoms with Gasteiger partial charge in [-0.2, -0.15) is 0 Å². The maximum atomic E-state index is 6.15. The van der Waals surface area contributed by atoms with E-state index in [0.29, 0.717) is 29.8 Å². The summed E-state index contributed by atoms with van der Waals surface area (Å²) in [5.41, 5.74) is 6.93. The molecule has 35 heavy (non-hydrogen) atoms. The summed E-state index contributed by atoms with van der Waals surface area (Å²) in [5, 5.41) is 0. The molecule has 0 aromatic heterocycles. The summed E-state index contributed by atoms with van der Waals surface area (Å²) in [5.74, 6) is 2.33. The molecule has 0 saturated carbocycles. The number of allylic oxidation sites excluding steroid dienone is 6. The van der Waals surface area contributed by atoms with Crippen LogP contribution in [-0.4, -0.2) is 11.7 Å². The lowest BCUT2D eigenvalue weighted by Gasteiger charge is -2.18. The quantitative estimate of drug-likeness (QED) is 0.132. The summed E-state index contributed by atoms with van der Waals surface area (Å²) in [6.45, 7) is 35.0. The van der Waals surface area contributed by atoms with Crippen LogP contribution in [0.2, 0.25) is 0 Å². The highest BCUT2D eigenvalue weighted by molar-refractivity contribution is 5.07. The van der Waals surface area contributed by atoms with Crippen LogP contribution in [0, 0.1) is 23.7 Å². The van der Waals surface area contributed by atoms with E-state index in [4.69, 9.17) is 4.74 Å². The molecule has 6 atom stereocenters. The maximum absolute atomic E-state index is 6.15. The molecule has 0 bridgehead atoms. The Morgan fingerprint density at radius 1 is 0.743 bits per heavy atom. The fraction of sp³-hybridized carbons (Fsp3) is 0.706. The molecule has 0 aromatic rings. The van der Waals surface area contributed by atoms with Gasteiger partial charge in [0.25, 0.3) is 0 Å². The van der Waals surface area contributed by atoms with Gasteiger partial charge in [-0.1, -0.05) is 88.0 Å². The minimum absolute atomic E-state index is 0.0778. The molecule has 1 saturated heterocycles. The topological polar surface area (TPSA) is 12.5 Å². The number of rotatable bonds is 19. The van der Waals surface area contributed by atoms with E-state index in [2.05, 4.69) is 87.8 Å². The van der Waals surface area contributed by atoms with Crippen molar-refractivity contribution in [1.29, 1.82) is 0 Å². The Kier molecular flexibility index (Phi) is 13.6. The normalized spacial score (nSPS) is 23.3. The molecule has 1 aliphatic heterocycles. The summed E-state index contributed by atoms with van der Waals surface area (Å²) in [7, 11) is 0. The Morgan fingerprint density at radius 3 is 1.69 bits per heavy atom. The first-order valence-electron chi connectivity index (χ1n) is 14.3. The fourth-order valence-corrected chi connectivity index (χ4v) is 4.60. The third-order valence-corrected chi connectivity index (χ3v) is 8.88. The van der Waals surface area contributed by atoms with Crippen LogP contribution in [0.15, 0.2) is 60.3 Å². The number of ether oxygens (including phenoxy) is 1. The van der Waals surface area contributed by atoms with Gasteiger partial charge >= 0.3 is 0 Å². The van der Waals surface area contributed by atoms with Crippen molar-refractivity contribution in [2.24, 2.45) is 23.7 Å². The summed E-state index contributed by atoms with van der Waals surface area (Å²) in [4.78, 5) is 0. The standard InChI is InChI=1S/C34H58O/c1-24(2)27(6)18-20-30(9)29(8)17-16-26(5)14-13-15-33-34(12,35-33)23-22-32(11)31(10)21-19-28(7)25(3)4/h14,27-29,32-33H,1,3,9-10,13,15-23H2,2,4-8,11-12H3. The molecule has 1 rings (SSSR count). The summed E-state index contributed by atoms with van der Waals surface area (Å²) in [6.07, 6.45) is 14.4. The van der Waals surface area contributed by atoms with Crippen LogP contribution in [0.3, 0.4) is 0 Å². The molecular weight excluding hydrogens is 424 g/mol. The fourth-order valence-electron chi connectivity index (χ4n) is 4.60. The van der Waals surface area contributed by atoms with E-state index in [0.717, 1.165) is 32.1 Å². The Labute approximate surface area is 219 Å². The first kappa shape index (κ1) is 31.7. The molecule has 1 fully saturated rings. The van der Waals surface area contributed by atoms with Crippen LogP contribution in [0.4, 0.5) is 0 Å². The van der Waals surface area contributed by atoms with Gasteiger partial charge in [-0.3, -0.25) is 0 Å². The van der Waals surface area contributed by atoms with Gasteiger partial charge in [-0.15, -0.1) is 0 Å². The van der Waals surface area contributed by atoms with Gasteiger partial charge in [-0.25, -0.2) is 0 Å². The van der Waals surface area contributed by atoms with Crippen molar-refractivity contribution in [3.63, 3.8) is 0 Å². The molecule has 0 N–H and O–H groups in total. The SMILES string of the molecule is C=C(C)C(C)CCC(=C)C(C)CCC(C)=CCCC1OC1(C)CCC(C)C(=C)CCC(C)C(=C)C. The Hall–Kier alpha value is -1.34. The van der Waals surface area contributed by atoms with Crippen molar-refractivity contribution in [3.8, 4) is 0 Å². The molecule has 0 radical (unpaired) electrons. The minimum Gasteiger partial charge on any atom is -0.366 e. The molecule has 200 valence electrons. The van der Waals surface area contributed by atoms with Crippen molar-refractivity contribution < 1.29 is 4.74 Å². The van der Waals surface area contributed by atoms with Crippen molar-refractivity contribution in [1.82, 2.24) is 0 Å². The third-order valence-electron chi connectivity index (χ3n) is 8.88. The van der Waals surface area contributed by atoms with Crippen molar-refractivity contribution in [3.05, 3.63) is 60.3 Å². The van der Waals surface area contributed by atoms with Gasteiger partial charge in [0.15, 0.2) is 0 Å². The average Bonchev–Trinajstić information content (AvgIpc) is 3.46. The van der Waals surface area contributed by atoms with Crippen molar-refractivity contribution in [2.45, 2.75) is 131 Å². The van der Waals surface area contributed by atoms with E-state index in [-0.39, 0.29) is 5.60 Å². The van der Waals surface area contributed by atoms with Gasteiger partial charge in [0.1, 0.15) is 0 Å². The molecule has 0 aromatic carbocycles. The smallest absolute Gasteiger partial charge is 0.0920 e. The molecule has 0 aliphatic carbocycles. The third kappa shape index (κ3) is 12.0. The van der Waals surface area contributed by atoms with Crippen LogP contribution >= 0.6 is 0 Å². The molecule has 6 unspecified atom stereocenters. The van der Waals surface area contributed by atoms with Crippen molar-refractivity contribution in [2.75, 3.05) is 0 Å². The average molecular weight is 483 g/mol. The summed E-state index contributed by atoms with van der Waals surface area (Å²) < 4.78 is 6.15. The summed E-state index contributed by atoms with van der Waals surface area (Å²) in [6, 6.07) is 0. The van der Waals surface area contributed by atoms with E-state index >= 15 is 0 Å². The second kappa shape index (κ2) is 15.0. The molecule has 1 heteroatoms. The molecule has 0 amide bonds. The van der Waals surface area contributed by atoms with Crippen LogP contribution < -0.4 is 0 Å². The molecule has 1 aliphatic rings. The lowest BCUT2D eigenvalue weighted by atomic mass is 9.86. The lowest BCUT2D eigenvalue weighted by molar-refractivity contribution is 0.283. The zero-order valence-corrected chi connectivity index (χ0v) is 24.8. The molecule has 1 nitrogen and oxygen atoms in total. The summed E-state index contributed by atoms with van der Waals surface area (Å²) >= 11 is 0. The van der Waals surface area contributed by atoms with Crippen LogP contribution in [-0.2, 0) is 4.74 Å². The first-order chi connectivity index (χ1) is 16.3. The van der Waals surface area contributed by atoms with Crippen LogP contribution in [0.25, 0.3) is 0 Å². The second-order valence-electron chi connectivity index (χ2n) is 12.3. The van der Waals surface area contributed by atoms with E-state index in [1.54, 1.807) is 0 Å². The van der Waals surface area contributed by atoms with E-state index in [9.17, 15) is 0 Å². The lowest BCUT2D eigenvalue weighted by Crippen LogP contribution is -2.13. The Morgan fingerprint density at radius 2 is 1.20 bits per heavy atom. The van der Waals surface area contributed by atoms with E-state index in [1.807, 2.05) is 0 Å². The predicted molar refractivity (Wildman–Crippen MR) is 158 cm³/mol. The number of hydrogen-bond acceptors (Lipinski definition) is 1. The zero-order chi connectivity index (χ0) is 26.8. The van der Waals surface area contributed by atoms with Crippen molar-refractivity contribution >= 4 is 0 Å². The van der Waals surface area contributed by atoms with Gasteiger partial charge in [0, 0.05) is 0 Å². The first-order valence-corrected chi connectivity index (χ1v) is 14.3. The van der Waals surface area contributed by atoms with Gasteiger partial charge in [-0.05, 0) is 116 Å². The number of epoxide rings is 1. The zero-order valence-electron chi connectivity index (χ0n) is 24.8. The minimum atomic E-state index is 0.0778. The molecule has 0 spiro atoms. The highest BCUT2D eigenvalue weighted by atomic mass is 16.6. The van der Waals surface area contributed by atoms with Crippen LogP contribution in [0.1, 0.15) is 120 Å². The van der Waals surface area contributed by atoms with E-state index < -0.39 is 0 Å². The highest BCUT2D eigenvalue weighted by Gasteiger charge is 2.50. The van der Waals surface area contributed by atoms with Gasteiger partial charge in [0.2, 0.25) is 0 Å². The Balaban J connectivity index is 2.26. The predicted octanol–water partition coefficient (Wildman–Crippen LogP) is 10.8. The molecule has 1 heterocycles. The Bertz CT molecular complexity index is 753.